The van der Waals surface area contributed by atoms with E-state index in [1.54, 1.807) is 11.8 Å². The molecule has 0 bridgehead atoms. The molecule has 0 aromatic rings. The van der Waals surface area contributed by atoms with Gasteiger partial charge in [-0.25, -0.2) is 0 Å². The van der Waals surface area contributed by atoms with Crippen LogP contribution >= 0.6 is 11.8 Å². The summed E-state index contributed by atoms with van der Waals surface area (Å²) in [5, 5.41) is 3.21. The summed E-state index contributed by atoms with van der Waals surface area (Å²) in [6.45, 7) is 0.315. The second-order valence-corrected chi connectivity index (χ2v) is 3.63. The van der Waals surface area contributed by atoms with E-state index in [2.05, 4.69) is 5.32 Å². The molecule has 2 saturated heterocycles. The van der Waals surface area contributed by atoms with Gasteiger partial charge < -0.3 is 10.1 Å². The zero-order valence-corrected chi connectivity index (χ0v) is 6.32. The minimum absolute atomic E-state index is 0.219. The fourth-order valence-electron chi connectivity index (χ4n) is 1.26. The van der Waals surface area contributed by atoms with Crippen molar-refractivity contribution in [3.05, 3.63) is 0 Å². The Labute approximate surface area is 63.5 Å². The molecule has 0 radical (unpaired) electrons. The van der Waals surface area contributed by atoms with E-state index in [9.17, 15) is 4.79 Å². The Kier molecular flexibility index (Phi) is 1.68. The van der Waals surface area contributed by atoms with E-state index in [0.717, 1.165) is 5.88 Å². The predicted octanol–water partition coefficient (Wildman–Crippen LogP) is -0.0356. The number of thioether (sulfide) groups is 1. The summed E-state index contributed by atoms with van der Waals surface area (Å²) >= 11 is 1.74. The first-order valence-electron chi connectivity index (χ1n) is 3.34. The summed E-state index contributed by atoms with van der Waals surface area (Å²) in [6.07, 6.45) is 0.650. The number of fused-ring (bicyclic) bond motifs is 1. The number of carbonyl (C=O) groups excluding carboxylic acids is 1. The number of ketones is 1. The number of hydrogen-bond donors (Lipinski definition) is 1. The van der Waals surface area contributed by atoms with Crippen LogP contribution in [-0.2, 0) is 9.53 Å². The number of hydrogen-bond acceptors (Lipinski definition) is 4. The molecule has 56 valence electrons. The predicted molar refractivity (Wildman–Crippen MR) is 38.7 cm³/mol. The van der Waals surface area contributed by atoms with Gasteiger partial charge in [-0.15, -0.1) is 11.8 Å². The van der Waals surface area contributed by atoms with Gasteiger partial charge in [0.2, 0.25) is 0 Å². The summed E-state index contributed by atoms with van der Waals surface area (Å²) in [6, 6.07) is 0.284. The molecule has 2 fully saturated rings. The third kappa shape index (κ3) is 1.07. The SMILES string of the molecule is O=C1COC2SCNC2C1. The van der Waals surface area contributed by atoms with Crippen molar-refractivity contribution in [2.24, 2.45) is 0 Å². The average Bonchev–Trinajstić information content (AvgIpc) is 2.33. The maximum Gasteiger partial charge on any atom is 0.160 e. The molecular formula is C6H9NO2S. The van der Waals surface area contributed by atoms with E-state index < -0.39 is 0 Å². The van der Waals surface area contributed by atoms with Crippen LogP contribution in [0.4, 0.5) is 0 Å². The lowest BCUT2D eigenvalue weighted by Gasteiger charge is -2.22. The lowest BCUT2D eigenvalue weighted by molar-refractivity contribution is -0.129. The number of carbonyl (C=O) groups is 1. The summed E-state index contributed by atoms with van der Waals surface area (Å²) in [5.41, 5.74) is 0.234. The van der Waals surface area contributed by atoms with Gasteiger partial charge in [0.25, 0.3) is 0 Å². The van der Waals surface area contributed by atoms with Crippen LogP contribution in [0.2, 0.25) is 0 Å². The first kappa shape index (κ1) is 6.64. The van der Waals surface area contributed by atoms with Crippen molar-refractivity contribution >= 4 is 17.5 Å². The molecule has 2 atom stereocenters. The highest BCUT2D eigenvalue weighted by Crippen LogP contribution is 2.27. The molecule has 2 aliphatic rings. The fraction of sp³-hybridized carbons (Fsp3) is 0.833. The van der Waals surface area contributed by atoms with E-state index in [0.29, 0.717) is 13.0 Å². The summed E-state index contributed by atoms with van der Waals surface area (Å²) in [7, 11) is 0. The molecule has 0 aromatic carbocycles. The normalized spacial score (nSPS) is 39.8. The topological polar surface area (TPSA) is 38.3 Å². The van der Waals surface area contributed by atoms with Crippen molar-refractivity contribution in [2.45, 2.75) is 17.9 Å². The first-order chi connectivity index (χ1) is 4.86. The summed E-state index contributed by atoms with van der Waals surface area (Å²) < 4.78 is 5.27. The molecule has 0 amide bonds. The zero-order chi connectivity index (χ0) is 6.97. The van der Waals surface area contributed by atoms with Gasteiger partial charge in [-0.3, -0.25) is 4.79 Å². The Balaban J connectivity index is 2.03. The molecule has 10 heavy (non-hydrogen) atoms. The minimum atomic E-state index is 0.219. The van der Waals surface area contributed by atoms with E-state index >= 15 is 0 Å². The maximum atomic E-state index is 10.8. The molecule has 4 heteroatoms. The number of Topliss-reactive ketones (excluding diaryl/α,β-unsaturated/α-hetero) is 1. The van der Waals surface area contributed by atoms with Crippen molar-refractivity contribution < 1.29 is 9.53 Å². The van der Waals surface area contributed by atoms with Crippen molar-refractivity contribution in [1.29, 1.82) is 0 Å². The van der Waals surface area contributed by atoms with Crippen molar-refractivity contribution in [3.8, 4) is 0 Å². The highest BCUT2D eigenvalue weighted by molar-refractivity contribution is 8.00. The second kappa shape index (κ2) is 2.53. The molecule has 3 nitrogen and oxygen atoms in total. The van der Waals surface area contributed by atoms with Crippen LogP contribution in [0.1, 0.15) is 6.42 Å². The third-order valence-electron chi connectivity index (χ3n) is 1.78. The summed E-state index contributed by atoms with van der Waals surface area (Å²) in [4.78, 5) is 10.8. The van der Waals surface area contributed by atoms with Gasteiger partial charge in [-0.2, -0.15) is 0 Å². The maximum absolute atomic E-state index is 10.8. The molecule has 2 rings (SSSR count). The molecule has 2 heterocycles. The van der Waals surface area contributed by atoms with E-state index in [4.69, 9.17) is 4.74 Å². The Morgan fingerprint density at radius 3 is 3.50 bits per heavy atom. The lowest BCUT2D eigenvalue weighted by Crippen LogP contribution is -2.40. The quantitative estimate of drug-likeness (QED) is 0.538. The number of ether oxygens (including phenoxy) is 1. The van der Waals surface area contributed by atoms with Crippen LogP contribution in [-0.4, -0.2) is 29.7 Å². The van der Waals surface area contributed by atoms with Crippen LogP contribution in [0.5, 0.6) is 0 Å². The second-order valence-electron chi connectivity index (χ2n) is 2.54. The Morgan fingerprint density at radius 1 is 1.70 bits per heavy atom. The van der Waals surface area contributed by atoms with Crippen molar-refractivity contribution in [3.63, 3.8) is 0 Å². The molecule has 1 N–H and O–H groups in total. The summed E-state index contributed by atoms with van der Waals surface area (Å²) in [5.74, 6) is 1.14. The Bertz CT molecular complexity index is 162. The van der Waals surface area contributed by atoms with Crippen LogP contribution in [0.15, 0.2) is 0 Å². The molecular weight excluding hydrogens is 150 g/mol. The number of nitrogens with one attached hydrogen (secondary N) is 1. The molecule has 0 aromatic heterocycles. The van der Waals surface area contributed by atoms with Crippen LogP contribution in [0, 0.1) is 0 Å². The molecule has 2 unspecified atom stereocenters. The third-order valence-corrected chi connectivity index (χ3v) is 2.90. The highest BCUT2D eigenvalue weighted by atomic mass is 32.2. The average molecular weight is 159 g/mol. The van der Waals surface area contributed by atoms with Gasteiger partial charge in [-0.05, 0) is 0 Å². The van der Waals surface area contributed by atoms with Gasteiger partial charge in [0, 0.05) is 12.3 Å². The zero-order valence-electron chi connectivity index (χ0n) is 5.50. The number of rotatable bonds is 0. The van der Waals surface area contributed by atoms with E-state index in [1.807, 2.05) is 0 Å². The smallest absolute Gasteiger partial charge is 0.160 e. The Morgan fingerprint density at radius 2 is 2.60 bits per heavy atom. The van der Waals surface area contributed by atoms with E-state index in [1.165, 1.54) is 0 Å². The van der Waals surface area contributed by atoms with Crippen LogP contribution < -0.4 is 5.32 Å². The van der Waals surface area contributed by atoms with Crippen molar-refractivity contribution in [2.75, 3.05) is 12.5 Å². The van der Waals surface area contributed by atoms with Crippen LogP contribution in [0.25, 0.3) is 0 Å². The molecule has 0 saturated carbocycles. The molecule has 0 aliphatic carbocycles. The van der Waals surface area contributed by atoms with Gasteiger partial charge in [-0.1, -0.05) is 0 Å². The van der Waals surface area contributed by atoms with Gasteiger partial charge in [0.15, 0.2) is 5.78 Å². The lowest BCUT2D eigenvalue weighted by atomic mass is 10.1. The van der Waals surface area contributed by atoms with E-state index in [-0.39, 0.29) is 17.3 Å². The molecule has 2 aliphatic heterocycles. The van der Waals surface area contributed by atoms with Gasteiger partial charge in [0.1, 0.15) is 12.0 Å². The fourth-order valence-corrected chi connectivity index (χ4v) is 2.33. The largest absolute Gasteiger partial charge is 0.358 e. The highest BCUT2D eigenvalue weighted by Gasteiger charge is 2.34. The standard InChI is InChI=1S/C6H9NO2S/c8-4-1-5-6(9-2-4)10-3-7-5/h5-7H,1-3H2. The monoisotopic (exact) mass is 159 g/mol. The first-order valence-corrected chi connectivity index (χ1v) is 4.39. The van der Waals surface area contributed by atoms with Crippen LogP contribution in [0.3, 0.4) is 0 Å². The van der Waals surface area contributed by atoms with Gasteiger partial charge in [0.05, 0.1) is 6.04 Å². The minimum Gasteiger partial charge on any atom is -0.358 e. The van der Waals surface area contributed by atoms with Crippen molar-refractivity contribution in [1.82, 2.24) is 5.32 Å². The van der Waals surface area contributed by atoms with Gasteiger partial charge >= 0.3 is 0 Å². The molecule has 0 spiro atoms. The Hall–Kier alpha value is -0.0600.